The molecule has 3 aromatic rings. The van der Waals surface area contributed by atoms with Crippen molar-refractivity contribution in [2.24, 2.45) is 0 Å². The fourth-order valence-electron chi connectivity index (χ4n) is 3.44. The van der Waals surface area contributed by atoms with Crippen LogP contribution in [0.4, 0.5) is 20.3 Å². The summed E-state index contributed by atoms with van der Waals surface area (Å²) in [7, 11) is 0. The van der Waals surface area contributed by atoms with E-state index in [2.05, 4.69) is 20.7 Å². The highest BCUT2D eigenvalue weighted by Crippen LogP contribution is 2.40. The minimum Gasteiger partial charge on any atom is -0.507 e. The molecule has 0 atom stereocenters. The quantitative estimate of drug-likeness (QED) is 0.607. The van der Waals surface area contributed by atoms with Gasteiger partial charge in [0.05, 0.1) is 5.56 Å². The van der Waals surface area contributed by atoms with Crippen LogP contribution in [0.5, 0.6) is 5.75 Å². The molecule has 1 aliphatic heterocycles. The number of piperazine rings is 1. The van der Waals surface area contributed by atoms with Crippen LogP contribution in [0.25, 0.3) is 22.5 Å². The molecule has 2 aromatic carbocycles. The van der Waals surface area contributed by atoms with Gasteiger partial charge >= 0.3 is 0 Å². The number of aromatic hydroxyl groups is 1. The van der Waals surface area contributed by atoms with E-state index in [-0.39, 0.29) is 16.9 Å². The molecular weight excluding hydrogens is 394 g/mol. The normalized spacial score (nSPS) is 14.0. The van der Waals surface area contributed by atoms with E-state index >= 15 is 0 Å². The van der Waals surface area contributed by atoms with Gasteiger partial charge in [0.25, 0.3) is 0 Å². The SMILES string of the molecule is CC(=O)Nc1c(F)cc(-c2cccc(-c3cc(N4CCNCC4)no3)c2O)cc1F. The number of rotatable bonds is 4. The summed E-state index contributed by atoms with van der Waals surface area (Å²) in [5.41, 5.74) is 0.172. The van der Waals surface area contributed by atoms with Gasteiger partial charge in [-0.15, -0.1) is 0 Å². The molecular formula is C21H20F2N4O3. The second kappa shape index (κ2) is 8.11. The molecule has 0 radical (unpaired) electrons. The number of hydrogen-bond acceptors (Lipinski definition) is 6. The van der Waals surface area contributed by atoms with Gasteiger partial charge in [0.1, 0.15) is 23.1 Å². The molecule has 1 aliphatic rings. The van der Waals surface area contributed by atoms with E-state index in [1.165, 1.54) is 0 Å². The predicted octanol–water partition coefficient (Wildman–Crippen LogP) is 3.36. The summed E-state index contributed by atoms with van der Waals surface area (Å²) in [5, 5.41) is 20.2. The van der Waals surface area contributed by atoms with E-state index in [1.807, 2.05) is 0 Å². The zero-order valence-electron chi connectivity index (χ0n) is 16.2. The predicted molar refractivity (Wildman–Crippen MR) is 108 cm³/mol. The van der Waals surface area contributed by atoms with Gasteiger partial charge in [-0.05, 0) is 23.8 Å². The van der Waals surface area contributed by atoms with Crippen molar-refractivity contribution in [2.45, 2.75) is 6.92 Å². The highest BCUT2D eigenvalue weighted by molar-refractivity contribution is 5.90. The summed E-state index contributed by atoms with van der Waals surface area (Å²) in [5.74, 6) is -1.65. The highest BCUT2D eigenvalue weighted by Gasteiger charge is 2.20. The van der Waals surface area contributed by atoms with Crippen LogP contribution in [0.3, 0.4) is 0 Å². The Labute approximate surface area is 171 Å². The Morgan fingerprint density at radius 3 is 2.50 bits per heavy atom. The van der Waals surface area contributed by atoms with Crippen LogP contribution in [0.15, 0.2) is 40.9 Å². The second-order valence-electron chi connectivity index (χ2n) is 6.98. The van der Waals surface area contributed by atoms with Crippen molar-refractivity contribution in [3.05, 3.63) is 48.0 Å². The van der Waals surface area contributed by atoms with E-state index in [4.69, 9.17) is 4.52 Å². The third-order valence-electron chi connectivity index (χ3n) is 4.89. The van der Waals surface area contributed by atoms with Crippen molar-refractivity contribution in [1.82, 2.24) is 10.5 Å². The fourth-order valence-corrected chi connectivity index (χ4v) is 3.44. The molecule has 1 amide bonds. The van der Waals surface area contributed by atoms with Gasteiger partial charge in [-0.3, -0.25) is 4.79 Å². The van der Waals surface area contributed by atoms with E-state index in [0.29, 0.717) is 17.1 Å². The van der Waals surface area contributed by atoms with Gasteiger partial charge in [-0.25, -0.2) is 8.78 Å². The minimum atomic E-state index is -0.939. The maximum atomic E-state index is 14.3. The molecule has 4 rings (SSSR count). The van der Waals surface area contributed by atoms with Gasteiger partial charge in [-0.1, -0.05) is 17.3 Å². The highest BCUT2D eigenvalue weighted by atomic mass is 19.1. The Morgan fingerprint density at radius 1 is 1.17 bits per heavy atom. The Bertz CT molecular complexity index is 1070. The van der Waals surface area contributed by atoms with E-state index in [0.717, 1.165) is 45.2 Å². The van der Waals surface area contributed by atoms with Gasteiger partial charge in [0.2, 0.25) is 5.91 Å². The number of hydrogen-bond donors (Lipinski definition) is 3. The topological polar surface area (TPSA) is 90.6 Å². The number of phenolic OH excluding ortho intramolecular Hbond substituents is 1. The van der Waals surface area contributed by atoms with Crippen molar-refractivity contribution in [3.8, 4) is 28.2 Å². The molecule has 3 N–H and O–H groups in total. The number of amides is 1. The van der Waals surface area contributed by atoms with Gasteiger partial charge in [0.15, 0.2) is 11.6 Å². The minimum absolute atomic E-state index is 0.125. The smallest absolute Gasteiger partial charge is 0.221 e. The lowest BCUT2D eigenvalue weighted by Gasteiger charge is -2.26. The molecule has 9 heteroatoms. The van der Waals surface area contributed by atoms with Crippen molar-refractivity contribution in [1.29, 1.82) is 0 Å². The Kier molecular flexibility index (Phi) is 5.37. The number of phenols is 1. The number of carbonyl (C=O) groups is 1. The van der Waals surface area contributed by atoms with Crippen molar-refractivity contribution in [2.75, 3.05) is 36.4 Å². The summed E-state index contributed by atoms with van der Waals surface area (Å²) >= 11 is 0. The lowest BCUT2D eigenvalue weighted by Crippen LogP contribution is -2.43. The number of nitrogens with one attached hydrogen (secondary N) is 2. The zero-order valence-corrected chi connectivity index (χ0v) is 16.2. The van der Waals surface area contributed by atoms with E-state index in [9.17, 15) is 18.7 Å². The van der Waals surface area contributed by atoms with Gasteiger partial charge in [0, 0.05) is 44.7 Å². The average Bonchev–Trinajstić information content (AvgIpc) is 3.21. The van der Waals surface area contributed by atoms with Crippen molar-refractivity contribution >= 4 is 17.4 Å². The molecule has 7 nitrogen and oxygen atoms in total. The summed E-state index contributed by atoms with van der Waals surface area (Å²) in [6.45, 7) is 4.42. The largest absolute Gasteiger partial charge is 0.507 e. The summed E-state index contributed by atoms with van der Waals surface area (Å²) in [6.07, 6.45) is 0. The van der Waals surface area contributed by atoms with Crippen molar-refractivity contribution < 1.29 is 23.2 Å². The molecule has 0 bridgehead atoms. The standard InChI is InChI=1S/C21H20F2N4O3/c1-12(28)25-20-16(22)9-13(10-17(20)23)14-3-2-4-15(21(14)29)18-11-19(26-30-18)27-7-5-24-6-8-27/h2-4,9-11,24,29H,5-8H2,1H3,(H,25,28). The molecule has 1 saturated heterocycles. The van der Waals surface area contributed by atoms with Crippen LogP contribution in [-0.2, 0) is 4.79 Å². The van der Waals surface area contributed by atoms with Crippen LogP contribution < -0.4 is 15.5 Å². The summed E-state index contributed by atoms with van der Waals surface area (Å²) < 4.78 is 34.1. The third-order valence-corrected chi connectivity index (χ3v) is 4.89. The summed E-state index contributed by atoms with van der Waals surface area (Å²) in [4.78, 5) is 13.2. The molecule has 2 heterocycles. The first-order valence-corrected chi connectivity index (χ1v) is 9.46. The number of anilines is 2. The number of halogens is 2. The third kappa shape index (κ3) is 3.84. The van der Waals surface area contributed by atoms with Gasteiger partial charge < -0.3 is 25.2 Å². The van der Waals surface area contributed by atoms with Crippen LogP contribution in [0, 0.1) is 11.6 Å². The molecule has 0 spiro atoms. The molecule has 1 aromatic heterocycles. The summed E-state index contributed by atoms with van der Waals surface area (Å²) in [6, 6.07) is 8.66. The molecule has 30 heavy (non-hydrogen) atoms. The van der Waals surface area contributed by atoms with E-state index in [1.54, 1.807) is 24.3 Å². The number of para-hydroxylation sites is 1. The molecule has 0 saturated carbocycles. The van der Waals surface area contributed by atoms with Gasteiger partial charge in [-0.2, -0.15) is 0 Å². The van der Waals surface area contributed by atoms with Crippen LogP contribution >= 0.6 is 0 Å². The Morgan fingerprint density at radius 2 is 1.83 bits per heavy atom. The number of aromatic nitrogens is 1. The lowest BCUT2D eigenvalue weighted by atomic mass is 9.99. The van der Waals surface area contributed by atoms with Crippen LogP contribution in [0.1, 0.15) is 6.92 Å². The number of nitrogens with zero attached hydrogens (tertiary/aromatic N) is 2. The first-order valence-electron chi connectivity index (χ1n) is 9.46. The maximum Gasteiger partial charge on any atom is 0.221 e. The molecule has 156 valence electrons. The molecule has 0 aliphatic carbocycles. The number of benzene rings is 2. The second-order valence-corrected chi connectivity index (χ2v) is 6.98. The zero-order chi connectivity index (χ0) is 21.3. The lowest BCUT2D eigenvalue weighted by molar-refractivity contribution is -0.114. The maximum absolute atomic E-state index is 14.3. The van der Waals surface area contributed by atoms with Crippen molar-refractivity contribution in [3.63, 3.8) is 0 Å². The first-order chi connectivity index (χ1) is 14.4. The van der Waals surface area contributed by atoms with E-state index < -0.39 is 23.2 Å². The van der Waals surface area contributed by atoms with Crippen LogP contribution in [-0.4, -0.2) is 42.3 Å². The molecule has 0 unspecified atom stereocenters. The Balaban J connectivity index is 1.69. The molecule has 1 fully saturated rings. The van der Waals surface area contributed by atoms with Crippen LogP contribution in [0.2, 0.25) is 0 Å². The number of carbonyl (C=O) groups excluding carboxylic acids is 1. The average molecular weight is 414 g/mol. The monoisotopic (exact) mass is 414 g/mol. The Hall–Kier alpha value is -3.46. The fraction of sp³-hybridized carbons (Fsp3) is 0.238. The first kappa shape index (κ1) is 19.8.